The number of benzene rings is 2. The average Bonchev–Trinajstić information content (AvgIpc) is 3.38. The van der Waals surface area contributed by atoms with Crippen molar-refractivity contribution in [2.75, 3.05) is 32.1 Å². The summed E-state index contributed by atoms with van der Waals surface area (Å²) < 4.78 is 1.92. The monoisotopic (exact) mass is 468 g/mol. The van der Waals surface area contributed by atoms with Gasteiger partial charge in [-0.1, -0.05) is 24.3 Å². The predicted octanol–water partition coefficient (Wildman–Crippen LogP) is 5.58. The largest absolute Gasteiger partial charge is 0.309 e. The number of carbonyl (C=O) groups is 1. The van der Waals surface area contributed by atoms with Gasteiger partial charge in [-0.25, -0.2) is 4.98 Å². The molecule has 32 heavy (non-hydrogen) atoms. The summed E-state index contributed by atoms with van der Waals surface area (Å²) in [6.45, 7) is 3.52. The number of thiazole rings is 1. The summed E-state index contributed by atoms with van der Waals surface area (Å²) in [5.74, 6) is -0.123. The first-order valence-electron chi connectivity index (χ1n) is 10.4. The molecule has 0 atom stereocenters. The Hall–Kier alpha value is -2.88. The molecular weight excluding hydrogens is 444 g/mol. The molecule has 0 aliphatic heterocycles. The van der Waals surface area contributed by atoms with Gasteiger partial charge in [-0.2, -0.15) is 0 Å². The lowest BCUT2D eigenvalue weighted by molar-refractivity contribution is -0.384. The van der Waals surface area contributed by atoms with Crippen molar-refractivity contribution in [2.24, 2.45) is 0 Å². The van der Waals surface area contributed by atoms with Crippen molar-refractivity contribution in [3.8, 4) is 0 Å². The van der Waals surface area contributed by atoms with Gasteiger partial charge in [0.15, 0.2) is 5.13 Å². The number of aryl methyl sites for hydroxylation is 1. The zero-order chi connectivity index (χ0) is 22.8. The molecule has 0 saturated carbocycles. The van der Waals surface area contributed by atoms with E-state index in [9.17, 15) is 14.9 Å². The smallest absolute Gasteiger partial charge is 0.270 e. The van der Waals surface area contributed by atoms with Crippen molar-refractivity contribution < 1.29 is 9.72 Å². The predicted molar refractivity (Wildman–Crippen MR) is 132 cm³/mol. The van der Waals surface area contributed by atoms with Gasteiger partial charge in [0.05, 0.1) is 20.0 Å². The molecule has 0 aliphatic rings. The van der Waals surface area contributed by atoms with Gasteiger partial charge in [0, 0.05) is 28.8 Å². The number of nitrogens with zero attached hydrogens (tertiary/aromatic N) is 4. The number of hydrogen-bond donors (Lipinski definition) is 0. The fourth-order valence-corrected chi connectivity index (χ4v) is 5.55. The van der Waals surface area contributed by atoms with Crippen LogP contribution in [-0.2, 0) is 6.42 Å². The lowest BCUT2D eigenvalue weighted by Gasteiger charge is -2.20. The van der Waals surface area contributed by atoms with E-state index in [0.29, 0.717) is 21.9 Å². The van der Waals surface area contributed by atoms with Crippen LogP contribution in [0.3, 0.4) is 0 Å². The van der Waals surface area contributed by atoms with Crippen molar-refractivity contribution in [1.29, 1.82) is 0 Å². The topological polar surface area (TPSA) is 79.6 Å². The van der Waals surface area contributed by atoms with Crippen LogP contribution in [0.1, 0.15) is 28.6 Å². The second-order valence-corrected chi connectivity index (χ2v) is 9.95. The van der Waals surface area contributed by atoms with Crippen molar-refractivity contribution in [2.45, 2.75) is 19.8 Å². The van der Waals surface area contributed by atoms with Gasteiger partial charge < -0.3 is 4.90 Å². The number of non-ortho nitro benzene ring substituents is 1. The van der Waals surface area contributed by atoms with Gasteiger partial charge in [-0.05, 0) is 63.3 Å². The maximum atomic E-state index is 13.6. The summed E-state index contributed by atoms with van der Waals surface area (Å²) in [7, 11) is 4.02. The van der Waals surface area contributed by atoms with Crippen LogP contribution >= 0.6 is 22.7 Å². The van der Waals surface area contributed by atoms with E-state index in [2.05, 4.69) is 24.0 Å². The van der Waals surface area contributed by atoms with E-state index in [1.54, 1.807) is 17.0 Å². The number of nitro benzene ring substituents is 1. The maximum Gasteiger partial charge on any atom is 0.270 e. The molecule has 2 heterocycles. The highest BCUT2D eigenvalue weighted by molar-refractivity contribution is 7.23. The van der Waals surface area contributed by atoms with Crippen LogP contribution in [0, 0.1) is 10.1 Å². The highest BCUT2D eigenvalue weighted by Crippen LogP contribution is 2.34. The van der Waals surface area contributed by atoms with Crippen LogP contribution in [0.5, 0.6) is 0 Å². The zero-order valence-electron chi connectivity index (χ0n) is 18.2. The second kappa shape index (κ2) is 9.32. The SMILES string of the molecule is CCc1ccc2nc(N(CCCN(C)C)C(=O)c3cc4cc([N+](=O)[O-])ccc4s3)sc2c1. The lowest BCUT2D eigenvalue weighted by atomic mass is 10.2. The molecule has 2 aromatic heterocycles. The molecule has 0 unspecified atom stereocenters. The fourth-order valence-electron chi connectivity index (χ4n) is 3.50. The van der Waals surface area contributed by atoms with Crippen molar-refractivity contribution in [3.05, 3.63) is 63.0 Å². The van der Waals surface area contributed by atoms with Crippen molar-refractivity contribution in [1.82, 2.24) is 9.88 Å². The van der Waals surface area contributed by atoms with Crippen molar-refractivity contribution >= 4 is 59.7 Å². The molecule has 0 fully saturated rings. The number of thiophene rings is 1. The van der Waals surface area contributed by atoms with E-state index in [-0.39, 0.29) is 11.6 Å². The van der Waals surface area contributed by atoms with E-state index in [0.717, 1.165) is 34.3 Å². The minimum Gasteiger partial charge on any atom is -0.309 e. The summed E-state index contributed by atoms with van der Waals surface area (Å²) in [5, 5.41) is 12.5. The molecule has 166 valence electrons. The van der Waals surface area contributed by atoms with E-state index < -0.39 is 4.92 Å². The van der Waals surface area contributed by atoms with Gasteiger partial charge in [-0.3, -0.25) is 19.8 Å². The number of amides is 1. The van der Waals surface area contributed by atoms with Crippen LogP contribution in [0.2, 0.25) is 0 Å². The number of fused-ring (bicyclic) bond motifs is 2. The third-order valence-corrected chi connectivity index (χ3v) is 7.38. The Morgan fingerprint density at radius 3 is 2.59 bits per heavy atom. The Balaban J connectivity index is 1.70. The lowest BCUT2D eigenvalue weighted by Crippen LogP contribution is -2.32. The summed E-state index contributed by atoms with van der Waals surface area (Å²) in [5.41, 5.74) is 2.15. The molecule has 4 aromatic rings. The summed E-state index contributed by atoms with van der Waals surface area (Å²) in [4.78, 5) is 33.4. The molecule has 7 nitrogen and oxygen atoms in total. The average molecular weight is 469 g/mol. The number of hydrogen-bond acceptors (Lipinski definition) is 7. The Morgan fingerprint density at radius 1 is 1.06 bits per heavy atom. The van der Waals surface area contributed by atoms with Gasteiger partial charge in [0.2, 0.25) is 0 Å². The number of aromatic nitrogens is 1. The number of anilines is 1. The van der Waals surface area contributed by atoms with Gasteiger partial charge in [-0.15, -0.1) is 11.3 Å². The molecule has 9 heteroatoms. The van der Waals surface area contributed by atoms with Crippen LogP contribution in [-0.4, -0.2) is 47.9 Å². The zero-order valence-corrected chi connectivity index (χ0v) is 19.8. The Morgan fingerprint density at radius 2 is 1.88 bits per heavy atom. The number of rotatable bonds is 8. The van der Waals surface area contributed by atoms with E-state index >= 15 is 0 Å². The molecule has 0 radical (unpaired) electrons. The maximum absolute atomic E-state index is 13.6. The molecular formula is C23H24N4O3S2. The van der Waals surface area contributed by atoms with Gasteiger partial charge in [0.25, 0.3) is 11.6 Å². The molecule has 0 saturated heterocycles. The van der Waals surface area contributed by atoms with Crippen molar-refractivity contribution in [3.63, 3.8) is 0 Å². The number of carbonyl (C=O) groups excluding carboxylic acids is 1. The normalized spacial score (nSPS) is 11.5. The third-order valence-electron chi connectivity index (χ3n) is 5.23. The summed E-state index contributed by atoms with van der Waals surface area (Å²) in [6.07, 6.45) is 1.76. The molecule has 0 aliphatic carbocycles. The molecule has 0 spiro atoms. The van der Waals surface area contributed by atoms with Crippen LogP contribution < -0.4 is 4.90 Å². The van der Waals surface area contributed by atoms with Crippen LogP contribution in [0.15, 0.2) is 42.5 Å². The molecule has 2 aromatic carbocycles. The standard InChI is InChI=1S/C23H24N4O3S2/c1-4-15-6-8-18-20(12-15)32-23(24-18)26(11-5-10-25(2)3)22(28)21-14-16-13-17(27(29)30)7-9-19(16)31-21/h6-9,12-14H,4-5,10-11H2,1-3H3. The van der Waals surface area contributed by atoms with E-state index in [1.807, 2.05) is 20.2 Å². The minimum absolute atomic E-state index is 0.0232. The van der Waals surface area contributed by atoms with Crippen LogP contribution in [0.4, 0.5) is 10.8 Å². The van der Waals surface area contributed by atoms with E-state index in [4.69, 9.17) is 4.98 Å². The Labute approximate surface area is 194 Å². The summed E-state index contributed by atoms with van der Waals surface area (Å²) >= 11 is 2.88. The quantitative estimate of drug-likeness (QED) is 0.249. The first-order valence-corrected chi connectivity index (χ1v) is 12.0. The van der Waals surface area contributed by atoms with E-state index in [1.165, 1.54) is 40.4 Å². The second-order valence-electron chi connectivity index (χ2n) is 7.86. The molecule has 1 amide bonds. The first-order chi connectivity index (χ1) is 15.4. The molecule has 4 rings (SSSR count). The Bertz CT molecular complexity index is 1300. The van der Waals surface area contributed by atoms with Crippen LogP contribution in [0.25, 0.3) is 20.3 Å². The Kier molecular flexibility index (Phi) is 6.50. The minimum atomic E-state index is -0.419. The highest BCUT2D eigenvalue weighted by Gasteiger charge is 2.23. The van der Waals surface area contributed by atoms with Gasteiger partial charge in [0.1, 0.15) is 0 Å². The molecule has 0 bridgehead atoms. The number of nitro groups is 1. The molecule has 0 N–H and O–H groups in total. The highest BCUT2D eigenvalue weighted by atomic mass is 32.1. The van der Waals surface area contributed by atoms with Gasteiger partial charge >= 0.3 is 0 Å². The third kappa shape index (κ3) is 4.64. The fraction of sp³-hybridized carbons (Fsp3) is 0.304. The summed E-state index contributed by atoms with van der Waals surface area (Å²) in [6, 6.07) is 12.7. The first kappa shape index (κ1) is 22.3.